The van der Waals surface area contributed by atoms with Crippen molar-refractivity contribution in [1.29, 1.82) is 0 Å². The maximum absolute atomic E-state index is 13.6. The van der Waals surface area contributed by atoms with Crippen molar-refractivity contribution in [3.63, 3.8) is 0 Å². The lowest BCUT2D eigenvalue weighted by Crippen LogP contribution is -2.52. The van der Waals surface area contributed by atoms with Crippen LogP contribution in [0, 0.1) is 0 Å². The summed E-state index contributed by atoms with van der Waals surface area (Å²) >= 11 is 6.34. The van der Waals surface area contributed by atoms with E-state index in [0.29, 0.717) is 16.1 Å². The molecule has 194 valence electrons. The number of rotatable bonds is 10. The number of nitrogens with zero attached hydrogens (tertiary/aromatic N) is 2. The van der Waals surface area contributed by atoms with Gasteiger partial charge in [-0.15, -0.1) is 0 Å². The summed E-state index contributed by atoms with van der Waals surface area (Å²) in [6.45, 7) is 2.50. The van der Waals surface area contributed by atoms with Gasteiger partial charge in [-0.3, -0.25) is 18.7 Å². The fraction of sp³-hybridized carbons (Fsp3) is 0.423. The Bertz CT molecular complexity index is 1230. The quantitative estimate of drug-likeness (QED) is 0.468. The smallest absolute Gasteiger partial charge is 0.244 e. The first-order valence-electron chi connectivity index (χ1n) is 11.9. The highest BCUT2D eigenvalue weighted by atomic mass is 35.5. The fourth-order valence-corrected chi connectivity index (χ4v) is 5.32. The van der Waals surface area contributed by atoms with Crippen LogP contribution in [0.5, 0.6) is 0 Å². The Balaban J connectivity index is 1.91. The van der Waals surface area contributed by atoms with E-state index in [1.807, 2.05) is 0 Å². The van der Waals surface area contributed by atoms with Gasteiger partial charge in [0.1, 0.15) is 12.6 Å². The second-order valence-electron chi connectivity index (χ2n) is 9.16. The molecule has 8 nitrogen and oxygen atoms in total. The summed E-state index contributed by atoms with van der Waals surface area (Å²) in [5, 5.41) is 3.45. The van der Waals surface area contributed by atoms with Crippen LogP contribution in [0.1, 0.15) is 55.5 Å². The molecule has 2 aromatic rings. The molecule has 0 aliphatic heterocycles. The Kier molecular flexibility index (Phi) is 9.13. The molecule has 3 rings (SSSR count). The van der Waals surface area contributed by atoms with Crippen molar-refractivity contribution in [1.82, 2.24) is 10.2 Å². The van der Waals surface area contributed by atoms with Crippen LogP contribution < -0.4 is 9.62 Å². The Morgan fingerprint density at radius 2 is 1.75 bits per heavy atom. The van der Waals surface area contributed by atoms with Gasteiger partial charge >= 0.3 is 0 Å². The minimum Gasteiger partial charge on any atom is -0.352 e. The van der Waals surface area contributed by atoms with Crippen molar-refractivity contribution in [2.45, 2.75) is 58.2 Å². The average molecular weight is 534 g/mol. The van der Waals surface area contributed by atoms with Gasteiger partial charge in [-0.25, -0.2) is 8.42 Å². The molecule has 1 saturated carbocycles. The normalized spacial score (nSPS) is 14.8. The van der Waals surface area contributed by atoms with Crippen LogP contribution in [0.2, 0.25) is 5.02 Å². The van der Waals surface area contributed by atoms with Gasteiger partial charge < -0.3 is 10.2 Å². The first-order chi connectivity index (χ1) is 17.0. The summed E-state index contributed by atoms with van der Waals surface area (Å²) in [6, 6.07) is 12.3. The van der Waals surface area contributed by atoms with E-state index in [4.69, 9.17) is 11.6 Å². The molecule has 0 aromatic heterocycles. The number of carbonyl (C=O) groups is 3. The number of benzene rings is 2. The van der Waals surface area contributed by atoms with Gasteiger partial charge in [0.2, 0.25) is 21.8 Å². The third-order valence-electron chi connectivity index (χ3n) is 6.39. The van der Waals surface area contributed by atoms with Crippen molar-refractivity contribution < 1.29 is 22.8 Å². The van der Waals surface area contributed by atoms with E-state index in [1.165, 1.54) is 24.0 Å². The number of nitrogens with one attached hydrogen (secondary N) is 1. The summed E-state index contributed by atoms with van der Waals surface area (Å²) < 4.78 is 26.3. The van der Waals surface area contributed by atoms with Crippen LogP contribution in [0.25, 0.3) is 0 Å². The van der Waals surface area contributed by atoms with E-state index in [0.717, 1.165) is 36.2 Å². The third-order valence-corrected chi connectivity index (χ3v) is 7.90. The molecule has 0 heterocycles. The van der Waals surface area contributed by atoms with Gasteiger partial charge in [0.05, 0.1) is 11.9 Å². The highest BCUT2D eigenvalue weighted by Gasteiger charge is 2.31. The van der Waals surface area contributed by atoms with Crippen LogP contribution >= 0.6 is 11.6 Å². The van der Waals surface area contributed by atoms with Crippen LogP contribution in [0.4, 0.5) is 5.69 Å². The van der Waals surface area contributed by atoms with Gasteiger partial charge in [0, 0.05) is 23.2 Å². The summed E-state index contributed by atoms with van der Waals surface area (Å²) in [5.41, 5.74) is 1.16. The molecule has 1 fully saturated rings. The SMILES string of the molecule is CC(=O)c1cccc(N(CC(=O)N(Cc2ccccc2Cl)[C@H](C)C(=O)NC2CCCC2)S(C)(=O)=O)c1. The molecule has 0 spiro atoms. The number of hydrogen-bond donors (Lipinski definition) is 1. The summed E-state index contributed by atoms with van der Waals surface area (Å²) in [6.07, 6.45) is 4.88. The molecule has 2 amide bonds. The Morgan fingerprint density at radius 3 is 2.36 bits per heavy atom. The Labute approximate surface area is 217 Å². The highest BCUT2D eigenvalue weighted by molar-refractivity contribution is 7.92. The van der Waals surface area contributed by atoms with E-state index in [-0.39, 0.29) is 30.0 Å². The lowest BCUT2D eigenvalue weighted by Gasteiger charge is -2.32. The molecule has 1 N–H and O–H groups in total. The van der Waals surface area contributed by atoms with Crippen LogP contribution in [0.15, 0.2) is 48.5 Å². The number of sulfonamides is 1. The number of halogens is 1. The Morgan fingerprint density at radius 1 is 1.08 bits per heavy atom. The largest absolute Gasteiger partial charge is 0.352 e. The van der Waals surface area contributed by atoms with Crippen LogP contribution in [-0.4, -0.2) is 55.8 Å². The van der Waals surface area contributed by atoms with E-state index in [1.54, 1.807) is 43.3 Å². The molecule has 0 unspecified atom stereocenters. The van der Waals surface area contributed by atoms with E-state index in [2.05, 4.69) is 5.32 Å². The molecule has 1 aliphatic carbocycles. The molecule has 0 bridgehead atoms. The van der Waals surface area contributed by atoms with Gasteiger partial charge in [-0.2, -0.15) is 0 Å². The first-order valence-corrected chi connectivity index (χ1v) is 14.1. The second-order valence-corrected chi connectivity index (χ2v) is 11.5. The van der Waals surface area contributed by atoms with E-state index in [9.17, 15) is 22.8 Å². The lowest BCUT2D eigenvalue weighted by molar-refractivity contribution is -0.139. The molecular formula is C26H32ClN3O5S. The molecule has 1 aliphatic rings. The number of amides is 2. The zero-order chi connectivity index (χ0) is 26.5. The monoisotopic (exact) mass is 533 g/mol. The van der Waals surface area contributed by atoms with Crippen LogP contribution in [-0.2, 0) is 26.2 Å². The zero-order valence-electron chi connectivity index (χ0n) is 20.7. The van der Waals surface area contributed by atoms with Crippen molar-refractivity contribution in [3.8, 4) is 0 Å². The van der Waals surface area contributed by atoms with Crippen molar-refractivity contribution in [2.24, 2.45) is 0 Å². The van der Waals surface area contributed by atoms with Crippen LogP contribution in [0.3, 0.4) is 0 Å². The minimum atomic E-state index is -3.89. The molecule has 2 aromatic carbocycles. The third kappa shape index (κ3) is 7.07. The van der Waals surface area contributed by atoms with E-state index >= 15 is 0 Å². The maximum Gasteiger partial charge on any atom is 0.244 e. The van der Waals surface area contributed by atoms with Gasteiger partial charge in [0.15, 0.2) is 5.78 Å². The second kappa shape index (κ2) is 11.9. The number of carbonyl (C=O) groups excluding carboxylic acids is 3. The molecule has 1 atom stereocenters. The number of hydrogen-bond acceptors (Lipinski definition) is 5. The molecule has 36 heavy (non-hydrogen) atoms. The summed E-state index contributed by atoms with van der Waals surface area (Å²) in [5.74, 6) is -1.09. The van der Waals surface area contributed by atoms with Gasteiger partial charge in [0.25, 0.3) is 0 Å². The number of anilines is 1. The first kappa shape index (κ1) is 27.7. The van der Waals surface area contributed by atoms with Crippen molar-refractivity contribution in [3.05, 3.63) is 64.7 Å². The molecule has 0 saturated heterocycles. The summed E-state index contributed by atoms with van der Waals surface area (Å²) in [7, 11) is -3.89. The Hall–Kier alpha value is -2.91. The van der Waals surface area contributed by atoms with Gasteiger partial charge in [-0.05, 0) is 50.5 Å². The van der Waals surface area contributed by atoms with Gasteiger partial charge in [-0.1, -0.05) is 54.8 Å². The highest BCUT2D eigenvalue weighted by Crippen LogP contribution is 2.23. The number of ketones is 1. The zero-order valence-corrected chi connectivity index (χ0v) is 22.3. The molecule has 10 heteroatoms. The summed E-state index contributed by atoms with van der Waals surface area (Å²) in [4.78, 5) is 39.9. The predicted molar refractivity (Wildman–Crippen MR) is 140 cm³/mol. The predicted octanol–water partition coefficient (Wildman–Crippen LogP) is 3.78. The minimum absolute atomic E-state index is 0.0306. The topological polar surface area (TPSA) is 104 Å². The molecule has 0 radical (unpaired) electrons. The van der Waals surface area contributed by atoms with E-state index < -0.39 is 28.5 Å². The van der Waals surface area contributed by atoms with Crippen molar-refractivity contribution >= 4 is 44.9 Å². The average Bonchev–Trinajstić information content (AvgIpc) is 3.33. The van der Waals surface area contributed by atoms with Crippen molar-refractivity contribution in [2.75, 3.05) is 17.1 Å². The maximum atomic E-state index is 13.6. The molecular weight excluding hydrogens is 502 g/mol. The standard InChI is InChI=1S/C26H32ClN3O5S/c1-18(26(33)28-22-11-5-6-12-22)29(16-21-9-4-7-14-24(21)27)25(32)17-30(36(3,34)35)23-13-8-10-20(15-23)19(2)31/h4,7-10,13-15,18,22H,5-6,11-12,16-17H2,1-3H3,(H,28,33)/t18-/m1/s1. The number of Topliss-reactive ketones (excluding diaryl/α,β-unsaturated/α-hetero) is 1. The lowest BCUT2D eigenvalue weighted by atomic mass is 10.1. The fourth-order valence-electron chi connectivity index (χ4n) is 4.28.